The molecule has 1 rings (SSSR count). The summed E-state index contributed by atoms with van der Waals surface area (Å²) in [5.41, 5.74) is 0.740. The van der Waals surface area contributed by atoms with Crippen molar-refractivity contribution < 1.29 is 14.9 Å². The van der Waals surface area contributed by atoms with E-state index in [4.69, 9.17) is 21.4 Å². The fourth-order valence-corrected chi connectivity index (χ4v) is 1.35. The summed E-state index contributed by atoms with van der Waals surface area (Å²) >= 11 is 5.94. The summed E-state index contributed by atoms with van der Waals surface area (Å²) in [5.74, 6) is 0.516. The molecule has 84 valence electrons. The predicted octanol–water partition coefficient (Wildman–Crippen LogP) is 2.15. The van der Waals surface area contributed by atoms with Crippen molar-refractivity contribution >= 4 is 11.6 Å². The number of aliphatic hydroxyl groups excluding tert-OH is 2. The number of aliphatic hydroxyl groups is 2. The maximum Gasteiger partial charge on any atom is 0.138 e. The number of halogens is 1. The standard InChI is InChI=1S/C11H15ClO3/c1-7(13)6-15-11-4-3-9(8(2)14)5-10(11)12/h3-5,7-8,13-14H,6H2,1-2H3/t7?,8-/m0/s1. The zero-order valence-corrected chi connectivity index (χ0v) is 9.53. The van der Waals surface area contributed by atoms with E-state index in [0.717, 1.165) is 5.56 Å². The van der Waals surface area contributed by atoms with Gasteiger partial charge in [0.15, 0.2) is 0 Å². The third kappa shape index (κ3) is 3.70. The minimum atomic E-state index is -0.548. The van der Waals surface area contributed by atoms with E-state index in [9.17, 15) is 5.11 Å². The third-order valence-electron chi connectivity index (χ3n) is 1.92. The highest BCUT2D eigenvalue weighted by atomic mass is 35.5. The van der Waals surface area contributed by atoms with E-state index in [1.165, 1.54) is 0 Å². The maximum absolute atomic E-state index is 9.32. The number of hydrogen-bond acceptors (Lipinski definition) is 3. The van der Waals surface area contributed by atoms with Crippen molar-refractivity contribution in [2.75, 3.05) is 6.61 Å². The summed E-state index contributed by atoms with van der Waals surface area (Å²) in [6.45, 7) is 3.51. The highest BCUT2D eigenvalue weighted by Crippen LogP contribution is 2.27. The zero-order valence-electron chi connectivity index (χ0n) is 8.77. The first-order chi connectivity index (χ1) is 7.00. The fourth-order valence-electron chi connectivity index (χ4n) is 1.10. The fraction of sp³-hybridized carbons (Fsp3) is 0.455. The molecule has 15 heavy (non-hydrogen) atoms. The van der Waals surface area contributed by atoms with E-state index < -0.39 is 12.2 Å². The molecular formula is C11H15ClO3. The Morgan fingerprint density at radius 2 is 2.00 bits per heavy atom. The summed E-state index contributed by atoms with van der Waals surface area (Å²) in [6.07, 6.45) is -1.08. The van der Waals surface area contributed by atoms with Crippen LogP contribution < -0.4 is 4.74 Å². The second-order valence-corrected chi connectivity index (χ2v) is 3.93. The molecule has 0 aliphatic rings. The van der Waals surface area contributed by atoms with Gasteiger partial charge in [0, 0.05) is 0 Å². The lowest BCUT2D eigenvalue weighted by molar-refractivity contribution is 0.122. The molecule has 0 bridgehead atoms. The van der Waals surface area contributed by atoms with E-state index in [0.29, 0.717) is 10.8 Å². The maximum atomic E-state index is 9.32. The van der Waals surface area contributed by atoms with Gasteiger partial charge >= 0.3 is 0 Å². The van der Waals surface area contributed by atoms with Crippen molar-refractivity contribution in [1.29, 1.82) is 0 Å². The van der Waals surface area contributed by atoms with Gasteiger partial charge < -0.3 is 14.9 Å². The predicted molar refractivity (Wildman–Crippen MR) is 59.3 cm³/mol. The van der Waals surface area contributed by atoms with E-state index in [2.05, 4.69) is 0 Å². The lowest BCUT2D eigenvalue weighted by Crippen LogP contribution is -2.13. The largest absolute Gasteiger partial charge is 0.489 e. The van der Waals surface area contributed by atoms with Gasteiger partial charge in [-0.3, -0.25) is 0 Å². The summed E-state index contributed by atoms with van der Waals surface area (Å²) in [7, 11) is 0. The van der Waals surface area contributed by atoms with Gasteiger partial charge in [-0.15, -0.1) is 0 Å². The Kier molecular flexibility index (Phi) is 4.39. The van der Waals surface area contributed by atoms with Gasteiger partial charge in [0.1, 0.15) is 12.4 Å². The zero-order chi connectivity index (χ0) is 11.4. The average molecular weight is 231 g/mol. The Morgan fingerprint density at radius 3 is 2.47 bits per heavy atom. The molecule has 0 aliphatic heterocycles. The van der Waals surface area contributed by atoms with Gasteiger partial charge in [-0.2, -0.15) is 0 Å². The summed E-state index contributed by atoms with van der Waals surface area (Å²) in [4.78, 5) is 0. The van der Waals surface area contributed by atoms with E-state index in [1.807, 2.05) is 0 Å². The van der Waals surface area contributed by atoms with Crippen LogP contribution in [-0.4, -0.2) is 22.9 Å². The number of ether oxygens (including phenoxy) is 1. The van der Waals surface area contributed by atoms with Crippen molar-refractivity contribution in [3.63, 3.8) is 0 Å². The molecule has 0 spiro atoms. The van der Waals surface area contributed by atoms with Gasteiger partial charge in [-0.05, 0) is 31.5 Å². The van der Waals surface area contributed by atoms with Gasteiger partial charge in [0.25, 0.3) is 0 Å². The molecule has 0 aliphatic carbocycles. The minimum Gasteiger partial charge on any atom is -0.489 e. The molecule has 1 unspecified atom stereocenters. The Bertz CT molecular complexity index is 324. The molecule has 0 amide bonds. The molecule has 1 aromatic carbocycles. The molecule has 2 atom stereocenters. The molecule has 3 nitrogen and oxygen atoms in total. The number of rotatable bonds is 4. The summed E-state index contributed by atoms with van der Waals surface area (Å²) in [6, 6.07) is 5.09. The molecular weight excluding hydrogens is 216 g/mol. The van der Waals surface area contributed by atoms with E-state index >= 15 is 0 Å². The van der Waals surface area contributed by atoms with Crippen LogP contribution in [0.25, 0.3) is 0 Å². The Hall–Kier alpha value is -0.770. The average Bonchev–Trinajstić information content (AvgIpc) is 2.15. The molecule has 0 saturated heterocycles. The molecule has 0 saturated carbocycles. The van der Waals surface area contributed by atoms with Crippen LogP contribution in [-0.2, 0) is 0 Å². The second kappa shape index (κ2) is 5.35. The van der Waals surface area contributed by atoms with Gasteiger partial charge in [0.05, 0.1) is 17.2 Å². The van der Waals surface area contributed by atoms with Gasteiger partial charge in [-0.1, -0.05) is 17.7 Å². The molecule has 0 fully saturated rings. The Labute approximate surface area is 94.3 Å². The van der Waals surface area contributed by atoms with Gasteiger partial charge in [0.2, 0.25) is 0 Å². The Morgan fingerprint density at radius 1 is 1.33 bits per heavy atom. The first-order valence-electron chi connectivity index (χ1n) is 4.79. The van der Waals surface area contributed by atoms with Crippen LogP contribution >= 0.6 is 11.6 Å². The molecule has 2 N–H and O–H groups in total. The molecule has 0 radical (unpaired) electrons. The van der Waals surface area contributed by atoms with E-state index in [1.54, 1.807) is 32.0 Å². The van der Waals surface area contributed by atoms with Crippen LogP contribution in [0.1, 0.15) is 25.5 Å². The highest BCUT2D eigenvalue weighted by Gasteiger charge is 2.07. The quantitative estimate of drug-likeness (QED) is 0.834. The normalized spacial score (nSPS) is 14.7. The van der Waals surface area contributed by atoms with Crippen molar-refractivity contribution in [1.82, 2.24) is 0 Å². The molecule has 4 heteroatoms. The Balaban J connectivity index is 2.75. The summed E-state index contributed by atoms with van der Waals surface area (Å²) < 4.78 is 5.27. The first kappa shape index (κ1) is 12.3. The lowest BCUT2D eigenvalue weighted by Gasteiger charge is -2.11. The van der Waals surface area contributed by atoms with Crippen LogP contribution in [0.5, 0.6) is 5.75 Å². The van der Waals surface area contributed by atoms with Crippen LogP contribution in [0, 0.1) is 0 Å². The highest BCUT2D eigenvalue weighted by molar-refractivity contribution is 6.32. The number of benzene rings is 1. The lowest BCUT2D eigenvalue weighted by atomic mass is 10.1. The second-order valence-electron chi connectivity index (χ2n) is 3.53. The van der Waals surface area contributed by atoms with E-state index in [-0.39, 0.29) is 6.61 Å². The molecule has 1 aromatic rings. The third-order valence-corrected chi connectivity index (χ3v) is 2.21. The summed E-state index contributed by atoms with van der Waals surface area (Å²) in [5, 5.41) is 18.8. The minimum absolute atomic E-state index is 0.202. The van der Waals surface area contributed by atoms with Crippen LogP contribution in [0.4, 0.5) is 0 Å². The van der Waals surface area contributed by atoms with Crippen LogP contribution in [0.3, 0.4) is 0 Å². The molecule has 0 aromatic heterocycles. The van der Waals surface area contributed by atoms with Crippen LogP contribution in [0.15, 0.2) is 18.2 Å². The van der Waals surface area contributed by atoms with Crippen LogP contribution in [0.2, 0.25) is 5.02 Å². The monoisotopic (exact) mass is 230 g/mol. The van der Waals surface area contributed by atoms with Gasteiger partial charge in [-0.25, -0.2) is 0 Å². The first-order valence-corrected chi connectivity index (χ1v) is 5.17. The smallest absolute Gasteiger partial charge is 0.138 e. The van der Waals surface area contributed by atoms with Crippen molar-refractivity contribution in [3.8, 4) is 5.75 Å². The number of hydrogen-bond donors (Lipinski definition) is 2. The van der Waals surface area contributed by atoms with Crippen molar-refractivity contribution in [2.45, 2.75) is 26.1 Å². The molecule has 0 heterocycles. The SMILES string of the molecule is CC(O)COc1ccc([C@H](C)O)cc1Cl. The van der Waals surface area contributed by atoms with Crippen molar-refractivity contribution in [3.05, 3.63) is 28.8 Å². The topological polar surface area (TPSA) is 49.7 Å². The van der Waals surface area contributed by atoms with Crippen molar-refractivity contribution in [2.24, 2.45) is 0 Å².